The van der Waals surface area contributed by atoms with Crippen molar-refractivity contribution < 1.29 is 14.3 Å². The van der Waals surface area contributed by atoms with Gasteiger partial charge in [-0.1, -0.05) is 23.7 Å². The Kier molecular flexibility index (Phi) is 4.99. The maximum atomic E-state index is 14.1. The lowest BCUT2D eigenvalue weighted by Gasteiger charge is -2.25. The minimum atomic E-state index is -0.804. The summed E-state index contributed by atoms with van der Waals surface area (Å²) in [4.78, 5) is 11.4. The van der Waals surface area contributed by atoms with E-state index in [2.05, 4.69) is 20.5 Å². The van der Waals surface area contributed by atoms with Crippen molar-refractivity contribution in [3.8, 4) is 0 Å². The Morgan fingerprint density at radius 3 is 2.74 bits per heavy atom. The number of fused-ring (bicyclic) bond motifs is 3. The summed E-state index contributed by atoms with van der Waals surface area (Å²) in [6.07, 6.45) is 2.67. The van der Waals surface area contributed by atoms with Crippen LogP contribution >= 0.6 is 27.5 Å². The third-order valence-corrected chi connectivity index (χ3v) is 6.12. The van der Waals surface area contributed by atoms with Crippen molar-refractivity contribution in [3.63, 3.8) is 0 Å². The van der Waals surface area contributed by atoms with E-state index in [4.69, 9.17) is 11.6 Å². The Morgan fingerprint density at radius 1 is 1.30 bits per heavy atom. The van der Waals surface area contributed by atoms with E-state index >= 15 is 0 Å². The van der Waals surface area contributed by atoms with Gasteiger partial charge in [0.15, 0.2) is 0 Å². The fourth-order valence-corrected chi connectivity index (χ4v) is 5.00. The highest BCUT2D eigenvalue weighted by Crippen LogP contribution is 2.42. The van der Waals surface area contributed by atoms with E-state index in [0.29, 0.717) is 16.0 Å². The molecule has 0 radical (unpaired) electrons. The number of carboxylic acids is 1. The number of hydrogen-bond acceptors (Lipinski definition) is 1. The normalized spacial score (nSPS) is 16.5. The van der Waals surface area contributed by atoms with Crippen molar-refractivity contribution in [3.05, 3.63) is 68.5 Å². The molecule has 140 valence electrons. The zero-order valence-corrected chi connectivity index (χ0v) is 16.9. The molecule has 0 bridgehead atoms. The first kappa shape index (κ1) is 18.5. The summed E-state index contributed by atoms with van der Waals surface area (Å²) in [6, 6.07) is 10.7. The SMILES string of the molecule is O=C(O)CC1CCCc2c1n(Cc1ccc(Cl)cc1)c1c(Br)cc(F)cc21. The van der Waals surface area contributed by atoms with Crippen LogP contribution in [0, 0.1) is 5.82 Å². The lowest BCUT2D eigenvalue weighted by Crippen LogP contribution is -2.17. The van der Waals surface area contributed by atoms with Gasteiger partial charge in [0.1, 0.15) is 5.82 Å². The van der Waals surface area contributed by atoms with Crippen molar-refractivity contribution in [2.75, 3.05) is 0 Å². The Labute approximate surface area is 169 Å². The van der Waals surface area contributed by atoms with E-state index < -0.39 is 5.97 Å². The van der Waals surface area contributed by atoms with Gasteiger partial charge in [0.25, 0.3) is 0 Å². The third kappa shape index (κ3) is 3.50. The molecule has 4 rings (SSSR count). The molecule has 3 aromatic rings. The molecule has 0 aliphatic heterocycles. The van der Waals surface area contributed by atoms with Gasteiger partial charge in [0.2, 0.25) is 0 Å². The summed E-state index contributed by atoms with van der Waals surface area (Å²) in [7, 11) is 0. The summed E-state index contributed by atoms with van der Waals surface area (Å²) in [5.41, 5.74) is 4.10. The van der Waals surface area contributed by atoms with Crippen molar-refractivity contribution in [2.45, 2.75) is 38.1 Å². The number of halogens is 3. The van der Waals surface area contributed by atoms with Gasteiger partial charge in [-0.25, -0.2) is 4.39 Å². The fourth-order valence-electron chi connectivity index (χ4n) is 4.23. The van der Waals surface area contributed by atoms with Crippen LogP contribution in [-0.2, 0) is 17.8 Å². The molecule has 1 aliphatic carbocycles. The molecule has 3 nitrogen and oxygen atoms in total. The van der Waals surface area contributed by atoms with Crippen molar-refractivity contribution in [2.24, 2.45) is 0 Å². The lowest BCUT2D eigenvalue weighted by molar-refractivity contribution is -0.137. The highest BCUT2D eigenvalue weighted by atomic mass is 79.9. The Balaban J connectivity index is 1.94. The minimum absolute atomic E-state index is 0.0686. The first-order chi connectivity index (χ1) is 12.9. The molecule has 1 N–H and O–H groups in total. The molecule has 1 unspecified atom stereocenters. The first-order valence-electron chi connectivity index (χ1n) is 8.90. The molecule has 1 aliphatic rings. The minimum Gasteiger partial charge on any atom is -0.481 e. The van der Waals surface area contributed by atoms with Gasteiger partial charge in [-0.3, -0.25) is 4.79 Å². The zero-order chi connectivity index (χ0) is 19.1. The summed E-state index contributed by atoms with van der Waals surface area (Å²) >= 11 is 9.53. The second-order valence-electron chi connectivity index (χ2n) is 7.05. The molecule has 0 saturated carbocycles. The number of carboxylic acid groups (broad SMARTS) is 1. The Morgan fingerprint density at radius 2 is 2.04 bits per heavy atom. The van der Waals surface area contributed by atoms with Crippen LogP contribution in [-0.4, -0.2) is 15.6 Å². The molecule has 1 aromatic heterocycles. The van der Waals surface area contributed by atoms with Gasteiger partial charge in [-0.15, -0.1) is 0 Å². The highest BCUT2D eigenvalue weighted by molar-refractivity contribution is 9.10. The number of carbonyl (C=O) groups is 1. The van der Waals surface area contributed by atoms with Crippen LogP contribution in [0.1, 0.15) is 42.0 Å². The van der Waals surface area contributed by atoms with Gasteiger partial charge in [-0.2, -0.15) is 0 Å². The number of nitrogens with zero attached hydrogens (tertiary/aromatic N) is 1. The molecule has 1 atom stereocenters. The van der Waals surface area contributed by atoms with Crippen LogP contribution in [0.2, 0.25) is 5.02 Å². The molecule has 27 heavy (non-hydrogen) atoms. The topological polar surface area (TPSA) is 42.2 Å². The van der Waals surface area contributed by atoms with E-state index in [1.54, 1.807) is 6.07 Å². The van der Waals surface area contributed by atoms with E-state index in [-0.39, 0.29) is 18.2 Å². The largest absolute Gasteiger partial charge is 0.481 e. The number of aryl methyl sites for hydroxylation is 1. The van der Waals surface area contributed by atoms with Gasteiger partial charge in [0, 0.05) is 33.0 Å². The molecule has 0 fully saturated rings. The molecule has 0 spiro atoms. The van der Waals surface area contributed by atoms with E-state index in [9.17, 15) is 14.3 Å². The summed E-state index contributed by atoms with van der Waals surface area (Å²) in [6.45, 7) is 0.587. The van der Waals surface area contributed by atoms with E-state index in [1.165, 1.54) is 6.07 Å². The molecular formula is C21H18BrClFNO2. The van der Waals surface area contributed by atoms with E-state index in [0.717, 1.165) is 47.0 Å². The monoisotopic (exact) mass is 449 g/mol. The number of benzene rings is 2. The van der Waals surface area contributed by atoms with Gasteiger partial charge >= 0.3 is 5.97 Å². The van der Waals surface area contributed by atoms with Crippen LogP contribution in [0.5, 0.6) is 0 Å². The predicted octanol–water partition coefficient (Wildman–Crippen LogP) is 6.14. The van der Waals surface area contributed by atoms with Gasteiger partial charge in [-0.05, 0) is 70.6 Å². The second-order valence-corrected chi connectivity index (χ2v) is 8.34. The van der Waals surface area contributed by atoms with E-state index in [1.807, 2.05) is 24.3 Å². The quantitative estimate of drug-likeness (QED) is 0.519. The number of hydrogen-bond donors (Lipinski definition) is 1. The average molecular weight is 451 g/mol. The molecule has 1 heterocycles. The van der Waals surface area contributed by atoms with Crippen LogP contribution in [0.3, 0.4) is 0 Å². The van der Waals surface area contributed by atoms with Crippen LogP contribution in [0.4, 0.5) is 4.39 Å². The smallest absolute Gasteiger partial charge is 0.304 e. The lowest BCUT2D eigenvalue weighted by atomic mass is 9.84. The molecule has 6 heteroatoms. The van der Waals surface area contributed by atoms with Gasteiger partial charge in [0.05, 0.1) is 11.9 Å². The maximum absolute atomic E-state index is 14.1. The predicted molar refractivity (Wildman–Crippen MR) is 108 cm³/mol. The molecule has 0 amide bonds. The third-order valence-electron chi connectivity index (χ3n) is 5.26. The number of aromatic nitrogens is 1. The van der Waals surface area contributed by atoms with Crippen LogP contribution in [0.25, 0.3) is 10.9 Å². The standard InChI is InChI=1S/C21H18BrClFNO2/c22-18-10-15(24)9-17-16-3-1-2-13(8-19(26)27)20(16)25(21(17)18)11-12-4-6-14(23)7-5-12/h4-7,9-10,13H,1-3,8,11H2,(H,26,27). The maximum Gasteiger partial charge on any atom is 0.304 e. The van der Waals surface area contributed by atoms with Crippen molar-refractivity contribution >= 4 is 44.4 Å². The summed E-state index contributed by atoms with van der Waals surface area (Å²) in [5.74, 6) is -1.16. The van der Waals surface area contributed by atoms with Crippen LogP contribution in [0.15, 0.2) is 40.9 Å². The average Bonchev–Trinajstić information content (AvgIpc) is 2.91. The zero-order valence-electron chi connectivity index (χ0n) is 14.5. The van der Waals surface area contributed by atoms with Crippen molar-refractivity contribution in [1.82, 2.24) is 4.57 Å². The Bertz CT molecular complexity index is 1030. The Hall–Kier alpha value is -1.85. The molecular weight excluding hydrogens is 433 g/mol. The number of rotatable bonds is 4. The highest BCUT2D eigenvalue weighted by Gasteiger charge is 2.30. The first-order valence-corrected chi connectivity index (χ1v) is 10.1. The number of aliphatic carboxylic acids is 1. The molecule has 2 aromatic carbocycles. The fraction of sp³-hybridized carbons (Fsp3) is 0.286. The second kappa shape index (κ2) is 7.28. The van der Waals surface area contributed by atoms with Gasteiger partial charge < -0.3 is 9.67 Å². The summed E-state index contributed by atoms with van der Waals surface area (Å²) in [5, 5.41) is 10.9. The summed E-state index contributed by atoms with van der Waals surface area (Å²) < 4.78 is 17.0. The van der Waals surface area contributed by atoms with Crippen LogP contribution < -0.4 is 0 Å². The van der Waals surface area contributed by atoms with Crippen molar-refractivity contribution in [1.29, 1.82) is 0 Å². The molecule has 0 saturated heterocycles.